The molecule has 0 unspecified atom stereocenters. The fourth-order valence-electron chi connectivity index (χ4n) is 1.57. The van der Waals surface area contributed by atoms with E-state index in [-0.39, 0.29) is 18.0 Å². The van der Waals surface area contributed by atoms with Gasteiger partial charge in [-0.2, -0.15) is 0 Å². The summed E-state index contributed by atoms with van der Waals surface area (Å²) in [7, 11) is 0. The van der Waals surface area contributed by atoms with Crippen LogP contribution in [-0.4, -0.2) is 11.0 Å². The average molecular weight is 259 g/mol. The lowest BCUT2D eigenvalue weighted by Crippen LogP contribution is -2.22. The van der Waals surface area contributed by atoms with Crippen LogP contribution in [0.25, 0.3) is 0 Å². The smallest absolute Gasteiger partial charge is 0.295 e. The molecule has 19 heavy (non-hydrogen) atoms. The molecule has 1 aromatic heterocycles. The average Bonchev–Trinajstić information content (AvgIpc) is 2.46. The maximum Gasteiger partial charge on any atom is 0.295 e. The summed E-state index contributed by atoms with van der Waals surface area (Å²) in [5.74, 6) is 0.223. The van der Waals surface area contributed by atoms with Gasteiger partial charge in [0, 0.05) is 6.20 Å². The van der Waals surface area contributed by atoms with Gasteiger partial charge in [-0.05, 0) is 17.7 Å². The molecule has 0 spiro atoms. The second kappa shape index (κ2) is 6.39. The number of aromatic nitrogens is 1. The van der Waals surface area contributed by atoms with E-state index in [9.17, 15) is 9.59 Å². The van der Waals surface area contributed by atoms with Crippen molar-refractivity contribution in [3.63, 3.8) is 0 Å². The third kappa shape index (κ3) is 3.45. The van der Waals surface area contributed by atoms with Gasteiger partial charge in [0.2, 0.25) is 0 Å². The maximum absolute atomic E-state index is 11.9. The monoisotopic (exact) mass is 259 g/mol. The van der Waals surface area contributed by atoms with Crippen molar-refractivity contribution in [2.24, 2.45) is 0 Å². The van der Waals surface area contributed by atoms with Crippen LogP contribution < -0.4 is 10.3 Å². The molecule has 0 fully saturated rings. The van der Waals surface area contributed by atoms with E-state index >= 15 is 0 Å². The summed E-state index contributed by atoms with van der Waals surface area (Å²) in [6.07, 6.45) is 1.53. The van der Waals surface area contributed by atoms with E-state index in [1.165, 1.54) is 10.8 Å². The van der Waals surface area contributed by atoms with Crippen LogP contribution in [0.1, 0.15) is 5.56 Å². The first-order chi connectivity index (χ1) is 9.31. The van der Waals surface area contributed by atoms with Gasteiger partial charge in [-0.25, -0.2) is 0 Å². The molecule has 0 aliphatic rings. The van der Waals surface area contributed by atoms with Gasteiger partial charge in [0.15, 0.2) is 12.5 Å². The summed E-state index contributed by atoms with van der Waals surface area (Å²) in [4.78, 5) is 22.1. The standard InChI is InChI=1S/C14H13NO4/c16-11-18-10-15-8-4-7-13(14(15)17)19-9-12-5-2-1-3-6-12/h1-8,11H,9-10H2. The van der Waals surface area contributed by atoms with Crippen molar-refractivity contribution < 1.29 is 14.3 Å². The Morgan fingerprint density at radius 2 is 1.89 bits per heavy atom. The van der Waals surface area contributed by atoms with Crippen molar-refractivity contribution in [1.82, 2.24) is 4.57 Å². The molecular weight excluding hydrogens is 246 g/mol. The number of rotatable bonds is 6. The normalized spacial score (nSPS) is 9.89. The summed E-state index contributed by atoms with van der Waals surface area (Å²) >= 11 is 0. The molecule has 0 amide bonds. The Balaban J connectivity index is 2.08. The lowest BCUT2D eigenvalue weighted by molar-refractivity contribution is -0.132. The van der Waals surface area contributed by atoms with Gasteiger partial charge in [0.05, 0.1) is 0 Å². The highest BCUT2D eigenvalue weighted by atomic mass is 16.5. The Morgan fingerprint density at radius 1 is 1.11 bits per heavy atom. The Bertz CT molecular complexity index is 592. The molecule has 98 valence electrons. The molecule has 0 saturated heterocycles. The van der Waals surface area contributed by atoms with E-state index in [1.54, 1.807) is 12.1 Å². The summed E-state index contributed by atoms with van der Waals surface area (Å²) in [5.41, 5.74) is 0.640. The van der Waals surface area contributed by atoms with Gasteiger partial charge >= 0.3 is 0 Å². The first-order valence-electron chi connectivity index (χ1n) is 5.72. The minimum Gasteiger partial charge on any atom is -0.483 e. The molecule has 1 heterocycles. The summed E-state index contributed by atoms with van der Waals surface area (Å²) in [6.45, 7) is 0.490. The second-order valence-corrected chi connectivity index (χ2v) is 3.81. The van der Waals surface area contributed by atoms with E-state index in [0.29, 0.717) is 13.1 Å². The predicted molar refractivity (Wildman–Crippen MR) is 68.6 cm³/mol. The van der Waals surface area contributed by atoms with Gasteiger partial charge in [-0.3, -0.25) is 14.2 Å². The van der Waals surface area contributed by atoms with Crippen molar-refractivity contribution in [2.45, 2.75) is 13.3 Å². The molecule has 0 radical (unpaired) electrons. The van der Waals surface area contributed by atoms with Gasteiger partial charge in [-0.15, -0.1) is 0 Å². The van der Waals surface area contributed by atoms with Gasteiger partial charge in [0.1, 0.15) is 6.61 Å². The zero-order valence-electron chi connectivity index (χ0n) is 10.2. The van der Waals surface area contributed by atoms with Gasteiger partial charge in [-0.1, -0.05) is 30.3 Å². The number of nitrogens with zero attached hydrogens (tertiary/aromatic N) is 1. The van der Waals surface area contributed by atoms with Crippen LogP contribution in [0.3, 0.4) is 0 Å². The van der Waals surface area contributed by atoms with Crippen LogP contribution in [-0.2, 0) is 22.9 Å². The maximum atomic E-state index is 11.9. The van der Waals surface area contributed by atoms with Gasteiger partial charge < -0.3 is 9.47 Å². The number of carbonyl (C=O) groups is 1. The van der Waals surface area contributed by atoms with Crippen LogP contribution >= 0.6 is 0 Å². The quantitative estimate of drug-likeness (QED) is 0.739. The number of hydrogen-bond acceptors (Lipinski definition) is 4. The van der Waals surface area contributed by atoms with Crippen LogP contribution in [0.5, 0.6) is 5.75 Å². The van der Waals surface area contributed by atoms with Crippen molar-refractivity contribution >= 4 is 6.47 Å². The highest BCUT2D eigenvalue weighted by molar-refractivity contribution is 5.36. The lowest BCUT2D eigenvalue weighted by atomic mass is 10.2. The van der Waals surface area contributed by atoms with E-state index in [4.69, 9.17) is 4.74 Å². The molecule has 0 aliphatic carbocycles. The zero-order valence-corrected chi connectivity index (χ0v) is 10.2. The number of benzene rings is 1. The largest absolute Gasteiger partial charge is 0.483 e. The molecule has 0 bridgehead atoms. The first kappa shape index (κ1) is 12.9. The minimum atomic E-state index is -0.333. The Kier molecular flexibility index (Phi) is 4.34. The van der Waals surface area contributed by atoms with Crippen molar-refractivity contribution in [3.05, 3.63) is 64.6 Å². The van der Waals surface area contributed by atoms with E-state index < -0.39 is 0 Å². The SMILES string of the molecule is O=COCn1cccc(OCc2ccccc2)c1=O. The van der Waals surface area contributed by atoms with Crippen molar-refractivity contribution in [1.29, 1.82) is 0 Å². The second-order valence-electron chi connectivity index (χ2n) is 3.81. The van der Waals surface area contributed by atoms with Gasteiger partial charge in [0.25, 0.3) is 12.0 Å². The van der Waals surface area contributed by atoms with Crippen LogP contribution in [0.2, 0.25) is 0 Å². The number of carbonyl (C=O) groups excluding carboxylic acids is 1. The Hall–Kier alpha value is -2.56. The molecule has 5 nitrogen and oxygen atoms in total. The molecule has 5 heteroatoms. The Morgan fingerprint density at radius 3 is 2.63 bits per heavy atom. The van der Waals surface area contributed by atoms with E-state index in [0.717, 1.165) is 5.56 Å². The highest BCUT2D eigenvalue weighted by Crippen LogP contribution is 2.06. The predicted octanol–water partition coefficient (Wildman–Crippen LogP) is 1.56. The number of pyridine rings is 1. The van der Waals surface area contributed by atoms with E-state index in [2.05, 4.69) is 4.74 Å². The molecule has 0 aliphatic heterocycles. The minimum absolute atomic E-state index is 0.120. The molecule has 1 aromatic carbocycles. The fraction of sp³-hybridized carbons (Fsp3) is 0.143. The molecule has 0 N–H and O–H groups in total. The number of ether oxygens (including phenoxy) is 2. The fourth-order valence-corrected chi connectivity index (χ4v) is 1.57. The summed E-state index contributed by atoms with van der Waals surface area (Å²) in [5, 5.41) is 0. The highest BCUT2D eigenvalue weighted by Gasteiger charge is 2.04. The molecule has 2 aromatic rings. The van der Waals surface area contributed by atoms with Crippen molar-refractivity contribution in [3.8, 4) is 5.75 Å². The zero-order chi connectivity index (χ0) is 13.5. The number of hydrogen-bond donors (Lipinski definition) is 0. The lowest BCUT2D eigenvalue weighted by Gasteiger charge is -2.08. The third-order valence-corrected chi connectivity index (χ3v) is 2.50. The Labute approximate surface area is 110 Å². The third-order valence-electron chi connectivity index (χ3n) is 2.50. The summed E-state index contributed by atoms with van der Waals surface area (Å²) in [6, 6.07) is 12.8. The van der Waals surface area contributed by atoms with Crippen LogP contribution in [0.4, 0.5) is 0 Å². The first-order valence-corrected chi connectivity index (χ1v) is 5.72. The topological polar surface area (TPSA) is 57.5 Å². The molecule has 0 saturated carbocycles. The summed E-state index contributed by atoms with van der Waals surface area (Å²) < 4.78 is 11.3. The molecule has 0 atom stereocenters. The van der Waals surface area contributed by atoms with Crippen LogP contribution in [0, 0.1) is 0 Å². The van der Waals surface area contributed by atoms with Crippen molar-refractivity contribution in [2.75, 3.05) is 0 Å². The van der Waals surface area contributed by atoms with Crippen LogP contribution in [0.15, 0.2) is 53.5 Å². The molecule has 2 rings (SSSR count). The molecular formula is C14H13NO4. The van der Waals surface area contributed by atoms with E-state index in [1.807, 2.05) is 30.3 Å².